The van der Waals surface area contributed by atoms with Gasteiger partial charge < -0.3 is 9.88 Å². The Morgan fingerprint density at radius 2 is 1.93 bits per heavy atom. The smallest absolute Gasteiger partial charge is 0.270 e. The number of hydrogen-bond acceptors (Lipinski definition) is 3. The summed E-state index contributed by atoms with van der Waals surface area (Å²) in [7, 11) is 0. The topological polar surface area (TPSA) is 56.4 Å². The Balaban J connectivity index is 1.42. The van der Waals surface area contributed by atoms with Crippen molar-refractivity contribution in [2.75, 3.05) is 19.6 Å². The van der Waals surface area contributed by atoms with Crippen LogP contribution < -0.4 is 5.56 Å². The molecule has 0 unspecified atom stereocenters. The highest BCUT2D eigenvalue weighted by Crippen LogP contribution is 2.42. The fraction of sp³-hybridized carbons (Fsp3) is 0.500. The van der Waals surface area contributed by atoms with Crippen molar-refractivity contribution in [3.05, 3.63) is 69.9 Å². The number of hydrogen-bond donors (Lipinski definition) is 1. The molecule has 0 spiro atoms. The fourth-order valence-electron chi connectivity index (χ4n) is 6.00. The molecule has 3 aliphatic rings. The molecule has 3 saturated heterocycles. The molecule has 1 N–H and O–H groups in total. The van der Waals surface area contributed by atoms with E-state index in [0.717, 1.165) is 31.5 Å². The van der Waals surface area contributed by atoms with Crippen molar-refractivity contribution < 1.29 is 9.18 Å². The van der Waals surface area contributed by atoms with Crippen molar-refractivity contribution in [3.8, 4) is 0 Å². The van der Waals surface area contributed by atoms with E-state index in [9.17, 15) is 14.0 Å². The second-order valence-electron chi connectivity index (χ2n) is 9.10. The van der Waals surface area contributed by atoms with Gasteiger partial charge >= 0.3 is 0 Å². The van der Waals surface area contributed by atoms with Gasteiger partial charge in [-0.3, -0.25) is 14.5 Å². The van der Waals surface area contributed by atoms with E-state index in [1.807, 2.05) is 11.0 Å². The van der Waals surface area contributed by atoms with Crippen molar-refractivity contribution in [1.82, 2.24) is 14.8 Å². The molecule has 3 aliphatic heterocycles. The third kappa shape index (κ3) is 3.69. The molecule has 30 heavy (non-hydrogen) atoms. The normalized spacial score (nSPS) is 28.8. The van der Waals surface area contributed by atoms with Crippen molar-refractivity contribution >= 4 is 5.91 Å². The largest absolute Gasteiger partial charge is 0.337 e. The highest BCUT2D eigenvalue weighted by atomic mass is 19.1. The lowest BCUT2D eigenvalue weighted by atomic mass is 9.71. The van der Waals surface area contributed by atoms with E-state index in [4.69, 9.17) is 0 Å². The maximum Gasteiger partial charge on any atom is 0.270 e. The number of halogens is 1. The second-order valence-corrected chi connectivity index (χ2v) is 9.10. The lowest BCUT2D eigenvalue weighted by Crippen LogP contribution is -2.64. The molecule has 5 rings (SSSR count). The van der Waals surface area contributed by atoms with E-state index >= 15 is 0 Å². The molecule has 1 amide bonds. The molecule has 2 bridgehead atoms. The number of benzene rings is 1. The van der Waals surface area contributed by atoms with Gasteiger partial charge in [-0.15, -0.1) is 0 Å². The van der Waals surface area contributed by atoms with E-state index in [1.54, 1.807) is 24.3 Å². The summed E-state index contributed by atoms with van der Waals surface area (Å²) < 4.78 is 13.8. The van der Waals surface area contributed by atoms with Crippen molar-refractivity contribution in [2.45, 2.75) is 44.2 Å². The minimum Gasteiger partial charge on any atom is -0.337 e. The molecular formula is C24H28FN3O2. The highest BCUT2D eigenvalue weighted by Gasteiger charge is 2.47. The SMILES string of the molecule is O=C(c1cccc(=O)[nH]1)N1C[C@H]2C[C@@H](C1)[C@H](Cc1cccc(F)c1)N1CCCC[C@@H]21. The van der Waals surface area contributed by atoms with Crippen LogP contribution >= 0.6 is 0 Å². The number of carbonyl (C=O) groups is 1. The third-order valence-corrected chi connectivity index (χ3v) is 7.24. The Morgan fingerprint density at radius 3 is 2.77 bits per heavy atom. The summed E-state index contributed by atoms with van der Waals surface area (Å²) in [6.45, 7) is 2.53. The van der Waals surface area contributed by atoms with Crippen LogP contribution in [0.5, 0.6) is 0 Å². The summed E-state index contributed by atoms with van der Waals surface area (Å²) in [6.07, 6.45) is 5.55. The minimum atomic E-state index is -0.250. The standard InChI is InChI=1S/C24H28FN3O2/c25-19-6-3-5-16(11-19)12-22-18-13-17(21-8-1-2-10-28(21)22)14-27(15-18)24(30)20-7-4-9-23(29)26-20/h3-7,9,11,17-18,21-22H,1-2,8,10,12-15H2,(H,26,29)/t17-,18+,21+,22+/m1/s1. The molecule has 3 fully saturated rings. The van der Waals surface area contributed by atoms with Crippen molar-refractivity contribution in [3.63, 3.8) is 0 Å². The van der Waals surface area contributed by atoms with Gasteiger partial charge in [0.25, 0.3) is 5.91 Å². The van der Waals surface area contributed by atoms with Crippen LogP contribution in [-0.2, 0) is 6.42 Å². The van der Waals surface area contributed by atoms with Gasteiger partial charge in [0.1, 0.15) is 11.5 Å². The predicted octanol–water partition coefficient (Wildman–Crippen LogP) is 3.07. The molecule has 4 heterocycles. The zero-order chi connectivity index (χ0) is 20.7. The molecule has 1 aromatic heterocycles. The van der Waals surface area contributed by atoms with Gasteiger partial charge in [0.2, 0.25) is 5.56 Å². The number of piperidine rings is 3. The monoisotopic (exact) mass is 409 g/mol. The van der Waals surface area contributed by atoms with E-state index in [-0.39, 0.29) is 17.3 Å². The van der Waals surface area contributed by atoms with Gasteiger partial charge in [-0.1, -0.05) is 24.6 Å². The van der Waals surface area contributed by atoms with Gasteiger partial charge in [-0.25, -0.2) is 4.39 Å². The number of nitrogens with zero attached hydrogens (tertiary/aromatic N) is 2. The third-order valence-electron chi connectivity index (χ3n) is 7.24. The highest BCUT2D eigenvalue weighted by molar-refractivity contribution is 5.92. The molecule has 6 heteroatoms. The Morgan fingerprint density at radius 1 is 1.10 bits per heavy atom. The minimum absolute atomic E-state index is 0.0869. The maximum atomic E-state index is 13.8. The maximum absolute atomic E-state index is 13.8. The van der Waals surface area contributed by atoms with E-state index in [2.05, 4.69) is 9.88 Å². The Labute approximate surface area is 175 Å². The van der Waals surface area contributed by atoms with Crippen LogP contribution in [0.15, 0.2) is 47.3 Å². The first-order valence-corrected chi connectivity index (χ1v) is 11.1. The number of H-pyrrole nitrogens is 1. The first-order chi connectivity index (χ1) is 14.6. The van der Waals surface area contributed by atoms with Crippen molar-refractivity contribution in [2.24, 2.45) is 11.8 Å². The lowest BCUT2D eigenvalue weighted by Gasteiger charge is -2.57. The molecule has 5 nitrogen and oxygen atoms in total. The molecular weight excluding hydrogens is 381 g/mol. The number of aromatic amines is 1. The number of amides is 1. The number of carbonyl (C=O) groups excluding carboxylic acids is 1. The van der Waals surface area contributed by atoms with Crippen LogP contribution in [0.4, 0.5) is 4.39 Å². The van der Waals surface area contributed by atoms with Crippen LogP contribution in [-0.4, -0.2) is 52.4 Å². The molecule has 0 saturated carbocycles. The number of nitrogens with one attached hydrogen (secondary N) is 1. The first-order valence-electron chi connectivity index (χ1n) is 11.1. The van der Waals surface area contributed by atoms with Crippen molar-refractivity contribution in [1.29, 1.82) is 0 Å². The second kappa shape index (κ2) is 7.99. The van der Waals surface area contributed by atoms with Gasteiger partial charge in [-0.05, 0) is 67.8 Å². The summed E-state index contributed by atoms with van der Waals surface area (Å²) >= 11 is 0. The van der Waals surface area contributed by atoms with Gasteiger partial charge in [0, 0.05) is 31.2 Å². The molecule has 0 radical (unpaired) electrons. The Hall–Kier alpha value is -2.47. The van der Waals surface area contributed by atoms with Crippen LogP contribution in [0.3, 0.4) is 0 Å². The van der Waals surface area contributed by atoms with Gasteiger partial charge in [0.15, 0.2) is 0 Å². The molecule has 1 aromatic carbocycles. The van der Waals surface area contributed by atoms with Crippen LogP contribution in [0, 0.1) is 17.7 Å². The number of pyridine rings is 1. The van der Waals surface area contributed by atoms with E-state index in [1.165, 1.54) is 31.4 Å². The average molecular weight is 410 g/mol. The van der Waals surface area contributed by atoms with Crippen LogP contribution in [0.25, 0.3) is 0 Å². The van der Waals surface area contributed by atoms with E-state index in [0.29, 0.717) is 36.2 Å². The zero-order valence-corrected chi connectivity index (χ0v) is 17.1. The van der Waals surface area contributed by atoms with E-state index < -0.39 is 0 Å². The number of likely N-dealkylation sites (tertiary alicyclic amines) is 1. The fourth-order valence-corrected chi connectivity index (χ4v) is 6.00. The molecule has 2 aromatic rings. The average Bonchev–Trinajstić information content (AvgIpc) is 2.76. The zero-order valence-electron chi connectivity index (χ0n) is 17.1. The lowest BCUT2D eigenvalue weighted by molar-refractivity contribution is -0.0643. The first kappa shape index (κ1) is 19.5. The van der Waals surface area contributed by atoms with Gasteiger partial charge in [0.05, 0.1) is 0 Å². The summed E-state index contributed by atoms with van der Waals surface area (Å²) in [6, 6.07) is 12.5. The molecule has 0 aliphatic carbocycles. The van der Waals surface area contributed by atoms with Crippen LogP contribution in [0.1, 0.15) is 41.7 Å². The molecule has 158 valence electrons. The number of aromatic nitrogens is 1. The quantitative estimate of drug-likeness (QED) is 0.848. The summed E-state index contributed by atoms with van der Waals surface area (Å²) in [5.74, 6) is 0.550. The summed E-state index contributed by atoms with van der Waals surface area (Å²) in [4.78, 5) is 32.1. The Kier molecular flexibility index (Phi) is 5.19. The summed E-state index contributed by atoms with van der Waals surface area (Å²) in [5.41, 5.74) is 1.14. The number of fused-ring (bicyclic) bond motifs is 4. The molecule has 4 atom stereocenters. The summed E-state index contributed by atoms with van der Waals surface area (Å²) in [5, 5.41) is 0. The van der Waals surface area contributed by atoms with Crippen LogP contribution in [0.2, 0.25) is 0 Å². The van der Waals surface area contributed by atoms with Gasteiger partial charge in [-0.2, -0.15) is 0 Å². The Bertz CT molecular complexity index is 990. The predicted molar refractivity (Wildman–Crippen MR) is 113 cm³/mol. The number of rotatable bonds is 3.